The van der Waals surface area contributed by atoms with Crippen LogP contribution in [0, 0.1) is 17.3 Å². The maximum absolute atomic E-state index is 6.49. The van der Waals surface area contributed by atoms with Crippen molar-refractivity contribution in [3.63, 3.8) is 0 Å². The zero-order chi connectivity index (χ0) is 10.9. The van der Waals surface area contributed by atoms with Crippen molar-refractivity contribution >= 4 is 0 Å². The lowest BCUT2D eigenvalue weighted by atomic mass is 9.68. The molecule has 0 aromatic carbocycles. The zero-order valence-corrected chi connectivity index (χ0v) is 9.89. The van der Waals surface area contributed by atoms with Crippen LogP contribution in [0.2, 0.25) is 0 Å². The molecule has 3 saturated carbocycles. The summed E-state index contributed by atoms with van der Waals surface area (Å²) in [6.45, 7) is 2.01. The Kier molecular flexibility index (Phi) is 1.85. The lowest BCUT2D eigenvalue weighted by Gasteiger charge is -2.39. The van der Waals surface area contributed by atoms with Crippen LogP contribution in [0.15, 0.2) is 0 Å². The van der Waals surface area contributed by atoms with Gasteiger partial charge in [0.2, 0.25) is 0 Å². The van der Waals surface area contributed by atoms with E-state index in [1.165, 1.54) is 19.3 Å². The highest BCUT2D eigenvalue weighted by Gasteiger charge is 2.63. The molecular formula is C13H21NO2. The maximum Gasteiger partial charge on any atom is 0.155 e. The van der Waals surface area contributed by atoms with E-state index in [4.69, 9.17) is 15.2 Å². The lowest BCUT2D eigenvalue weighted by Crippen LogP contribution is -2.45. The molecule has 16 heavy (non-hydrogen) atoms. The number of rotatable bonds is 0. The first-order valence-corrected chi connectivity index (χ1v) is 6.75. The van der Waals surface area contributed by atoms with E-state index in [1.807, 2.05) is 6.92 Å². The fourth-order valence-corrected chi connectivity index (χ4v) is 5.10. The zero-order valence-electron chi connectivity index (χ0n) is 9.89. The van der Waals surface area contributed by atoms with Crippen LogP contribution in [0.5, 0.6) is 0 Å². The minimum atomic E-state index is 0.00200. The number of ether oxygens (including phenoxy) is 2. The van der Waals surface area contributed by atoms with Gasteiger partial charge in [0.15, 0.2) is 6.29 Å². The molecule has 1 spiro atoms. The van der Waals surface area contributed by atoms with Gasteiger partial charge in [-0.25, -0.2) is 0 Å². The van der Waals surface area contributed by atoms with Crippen molar-refractivity contribution in [3.05, 3.63) is 0 Å². The first-order valence-electron chi connectivity index (χ1n) is 6.75. The Morgan fingerprint density at radius 3 is 2.38 bits per heavy atom. The minimum absolute atomic E-state index is 0.00200. The minimum Gasteiger partial charge on any atom is -0.347 e. The summed E-state index contributed by atoms with van der Waals surface area (Å²) in [4.78, 5) is 0. The smallest absolute Gasteiger partial charge is 0.155 e. The van der Waals surface area contributed by atoms with E-state index in [0.29, 0.717) is 23.7 Å². The van der Waals surface area contributed by atoms with Gasteiger partial charge in [-0.1, -0.05) is 0 Å². The predicted molar refractivity (Wildman–Crippen MR) is 59.7 cm³/mol. The highest BCUT2D eigenvalue weighted by atomic mass is 16.7. The molecule has 1 heterocycles. The topological polar surface area (TPSA) is 44.5 Å². The Balaban J connectivity index is 1.62. The van der Waals surface area contributed by atoms with E-state index in [0.717, 1.165) is 24.7 Å². The summed E-state index contributed by atoms with van der Waals surface area (Å²) in [6.07, 6.45) is 7.11. The quantitative estimate of drug-likeness (QED) is 0.679. The highest BCUT2D eigenvalue weighted by molar-refractivity contribution is 5.14. The molecule has 0 radical (unpaired) electrons. The van der Waals surface area contributed by atoms with Gasteiger partial charge in [-0.3, -0.25) is 0 Å². The third-order valence-corrected chi connectivity index (χ3v) is 5.77. The monoisotopic (exact) mass is 223 g/mol. The van der Waals surface area contributed by atoms with Crippen molar-refractivity contribution in [2.75, 3.05) is 0 Å². The van der Waals surface area contributed by atoms with Gasteiger partial charge in [0.05, 0.1) is 12.2 Å². The third-order valence-electron chi connectivity index (χ3n) is 5.77. The van der Waals surface area contributed by atoms with Crippen molar-refractivity contribution in [2.24, 2.45) is 23.0 Å². The Hall–Kier alpha value is -0.120. The third kappa shape index (κ3) is 1.05. The van der Waals surface area contributed by atoms with Crippen LogP contribution >= 0.6 is 0 Å². The van der Waals surface area contributed by atoms with Crippen LogP contribution in [0.25, 0.3) is 0 Å². The molecular weight excluding hydrogens is 202 g/mol. The summed E-state index contributed by atoms with van der Waals surface area (Å²) in [7, 11) is 0. The van der Waals surface area contributed by atoms with E-state index in [9.17, 15) is 0 Å². The summed E-state index contributed by atoms with van der Waals surface area (Å²) >= 11 is 0. The van der Waals surface area contributed by atoms with E-state index >= 15 is 0 Å². The van der Waals surface area contributed by atoms with Gasteiger partial charge in [-0.15, -0.1) is 0 Å². The van der Waals surface area contributed by atoms with E-state index in [2.05, 4.69) is 0 Å². The van der Waals surface area contributed by atoms with Crippen LogP contribution in [0.1, 0.15) is 39.0 Å². The van der Waals surface area contributed by atoms with E-state index in [1.54, 1.807) is 0 Å². The van der Waals surface area contributed by atoms with Gasteiger partial charge in [0, 0.05) is 6.04 Å². The lowest BCUT2D eigenvalue weighted by molar-refractivity contribution is -0.0774. The van der Waals surface area contributed by atoms with E-state index in [-0.39, 0.29) is 6.29 Å². The standard InChI is InChI=1S/C13H21NO2/c1-7-15-10-5-13(6-11(10)16-7)9-3-2-8(4-9)12(13)14/h7-12H,2-6,14H2,1H3/t7-,8-,9+,10?,11-,12+,13-/m1/s1. The molecule has 1 aliphatic heterocycles. The van der Waals surface area contributed by atoms with Crippen molar-refractivity contribution in [1.82, 2.24) is 0 Å². The normalized spacial score (nSPS) is 63.4. The number of nitrogens with two attached hydrogens (primary N) is 1. The molecule has 7 atom stereocenters. The summed E-state index contributed by atoms with van der Waals surface area (Å²) in [5.74, 6) is 1.65. The second-order valence-corrected chi connectivity index (χ2v) is 6.35. The van der Waals surface area contributed by atoms with Gasteiger partial charge in [0.25, 0.3) is 0 Å². The number of fused-ring (bicyclic) bond motifs is 4. The first-order chi connectivity index (χ1) is 7.69. The molecule has 2 N–H and O–H groups in total. The molecule has 90 valence electrons. The molecule has 4 aliphatic rings. The molecule has 4 rings (SSSR count). The molecule has 1 saturated heterocycles. The van der Waals surface area contributed by atoms with Crippen molar-refractivity contribution in [3.8, 4) is 0 Å². The molecule has 1 unspecified atom stereocenters. The number of hydrogen-bond donors (Lipinski definition) is 1. The summed E-state index contributed by atoms with van der Waals surface area (Å²) in [5.41, 5.74) is 6.86. The van der Waals surface area contributed by atoms with Gasteiger partial charge >= 0.3 is 0 Å². The maximum atomic E-state index is 6.49. The fraction of sp³-hybridized carbons (Fsp3) is 1.00. The summed E-state index contributed by atoms with van der Waals surface area (Å²) < 4.78 is 11.7. The van der Waals surface area contributed by atoms with Crippen LogP contribution < -0.4 is 5.73 Å². The van der Waals surface area contributed by atoms with Crippen molar-refractivity contribution in [1.29, 1.82) is 0 Å². The fourth-order valence-electron chi connectivity index (χ4n) is 5.10. The Bertz CT molecular complexity index is 301. The second-order valence-electron chi connectivity index (χ2n) is 6.35. The summed E-state index contributed by atoms with van der Waals surface area (Å²) in [5, 5.41) is 0. The van der Waals surface area contributed by atoms with Crippen LogP contribution in [-0.4, -0.2) is 24.5 Å². The second kappa shape index (κ2) is 3.01. The van der Waals surface area contributed by atoms with Gasteiger partial charge in [-0.05, 0) is 56.3 Å². The van der Waals surface area contributed by atoms with Crippen LogP contribution in [0.3, 0.4) is 0 Å². The van der Waals surface area contributed by atoms with Gasteiger partial charge in [-0.2, -0.15) is 0 Å². The Morgan fingerprint density at radius 2 is 1.81 bits per heavy atom. The average Bonchev–Trinajstić information content (AvgIpc) is 2.89. The number of hydrogen-bond acceptors (Lipinski definition) is 3. The summed E-state index contributed by atoms with van der Waals surface area (Å²) in [6, 6.07) is 0.416. The van der Waals surface area contributed by atoms with Gasteiger partial charge < -0.3 is 15.2 Å². The van der Waals surface area contributed by atoms with Crippen LogP contribution in [0.4, 0.5) is 0 Å². The molecule has 3 nitrogen and oxygen atoms in total. The van der Waals surface area contributed by atoms with Crippen LogP contribution in [-0.2, 0) is 9.47 Å². The molecule has 0 aromatic heterocycles. The highest BCUT2D eigenvalue weighted by Crippen LogP contribution is 2.63. The molecule has 2 bridgehead atoms. The molecule has 3 heteroatoms. The SMILES string of the molecule is C[C@@H]1OC2C[C@@]3(C[C@H]2O1)[C@H]1CC[C@H](C1)[C@@H]3N. The molecule has 0 amide bonds. The largest absolute Gasteiger partial charge is 0.347 e. The van der Waals surface area contributed by atoms with Gasteiger partial charge in [0.1, 0.15) is 0 Å². The Morgan fingerprint density at radius 1 is 1.12 bits per heavy atom. The average molecular weight is 223 g/mol. The molecule has 4 fully saturated rings. The van der Waals surface area contributed by atoms with E-state index < -0.39 is 0 Å². The molecule has 0 aromatic rings. The van der Waals surface area contributed by atoms with Crippen molar-refractivity contribution < 1.29 is 9.47 Å². The Labute approximate surface area is 96.7 Å². The van der Waals surface area contributed by atoms with Crippen molar-refractivity contribution in [2.45, 2.75) is 63.6 Å². The first kappa shape index (κ1) is 9.86. The predicted octanol–water partition coefficient (Wildman–Crippen LogP) is 1.65. The molecule has 3 aliphatic carbocycles.